The van der Waals surface area contributed by atoms with Gasteiger partial charge >= 0.3 is 0 Å². The molecule has 0 aliphatic carbocycles. The van der Waals surface area contributed by atoms with Gasteiger partial charge in [0.15, 0.2) is 0 Å². The third-order valence-electron chi connectivity index (χ3n) is 2.59. The lowest BCUT2D eigenvalue weighted by molar-refractivity contribution is -0.00521. The molecule has 0 N–H and O–H groups in total. The molecule has 1 aliphatic heterocycles. The van der Waals surface area contributed by atoms with Gasteiger partial charge < -0.3 is 9.64 Å². The highest BCUT2D eigenvalue weighted by atomic mass is 79.9. The van der Waals surface area contributed by atoms with E-state index in [2.05, 4.69) is 58.9 Å². The van der Waals surface area contributed by atoms with E-state index in [0.29, 0.717) is 12.2 Å². The van der Waals surface area contributed by atoms with Gasteiger partial charge in [-0.1, -0.05) is 22.0 Å². The van der Waals surface area contributed by atoms with Gasteiger partial charge in [-0.15, -0.1) is 0 Å². The molecular weight excluding hydrogens is 254 g/mol. The Hall–Kier alpha value is -0.540. The van der Waals surface area contributed by atoms with Crippen LogP contribution in [0.25, 0.3) is 0 Å². The van der Waals surface area contributed by atoms with E-state index in [4.69, 9.17) is 4.74 Å². The molecule has 1 fully saturated rings. The van der Waals surface area contributed by atoms with E-state index in [0.717, 1.165) is 17.6 Å². The molecule has 82 valence electrons. The van der Waals surface area contributed by atoms with Gasteiger partial charge in [-0.3, -0.25) is 0 Å². The van der Waals surface area contributed by atoms with Crippen LogP contribution >= 0.6 is 15.9 Å². The molecule has 1 heterocycles. The Labute approximate surface area is 99.4 Å². The Balaban J connectivity index is 2.16. The number of ether oxygens (including phenoxy) is 1. The lowest BCUT2D eigenvalue weighted by Crippen LogP contribution is -2.45. The number of hydrogen-bond donors (Lipinski definition) is 0. The van der Waals surface area contributed by atoms with Crippen molar-refractivity contribution in [3.8, 4) is 0 Å². The maximum atomic E-state index is 5.71. The van der Waals surface area contributed by atoms with Crippen LogP contribution in [0.4, 0.5) is 5.69 Å². The zero-order valence-corrected chi connectivity index (χ0v) is 10.7. The summed E-state index contributed by atoms with van der Waals surface area (Å²) in [6.45, 7) is 6.20. The summed E-state index contributed by atoms with van der Waals surface area (Å²) >= 11 is 3.50. The summed E-state index contributed by atoms with van der Waals surface area (Å²) in [5.74, 6) is 0. The smallest absolute Gasteiger partial charge is 0.0726 e. The molecule has 0 amide bonds. The van der Waals surface area contributed by atoms with E-state index in [-0.39, 0.29) is 0 Å². The maximum Gasteiger partial charge on any atom is 0.0726 e. The third kappa shape index (κ3) is 2.73. The first-order valence-electron chi connectivity index (χ1n) is 5.31. The predicted octanol–water partition coefficient (Wildman–Crippen LogP) is 3.06. The molecule has 1 aromatic carbocycles. The monoisotopic (exact) mass is 269 g/mol. The molecule has 15 heavy (non-hydrogen) atoms. The first-order chi connectivity index (χ1) is 7.15. The van der Waals surface area contributed by atoms with Crippen molar-refractivity contribution >= 4 is 21.6 Å². The van der Waals surface area contributed by atoms with Crippen LogP contribution in [0.15, 0.2) is 28.7 Å². The van der Waals surface area contributed by atoms with Gasteiger partial charge in [0.2, 0.25) is 0 Å². The van der Waals surface area contributed by atoms with Crippen molar-refractivity contribution in [1.29, 1.82) is 0 Å². The topological polar surface area (TPSA) is 12.5 Å². The van der Waals surface area contributed by atoms with E-state index in [1.807, 2.05) is 0 Å². The number of anilines is 1. The van der Waals surface area contributed by atoms with Gasteiger partial charge in [0.25, 0.3) is 0 Å². The average molecular weight is 270 g/mol. The van der Waals surface area contributed by atoms with E-state index < -0.39 is 0 Å². The van der Waals surface area contributed by atoms with Gasteiger partial charge in [-0.25, -0.2) is 0 Å². The van der Waals surface area contributed by atoms with Crippen molar-refractivity contribution in [2.24, 2.45) is 0 Å². The third-order valence-corrected chi connectivity index (χ3v) is 3.09. The zero-order valence-electron chi connectivity index (χ0n) is 9.11. The second-order valence-electron chi connectivity index (χ2n) is 4.14. The first kappa shape index (κ1) is 11.0. The molecule has 0 spiro atoms. The van der Waals surface area contributed by atoms with Crippen LogP contribution in [0.1, 0.15) is 13.8 Å². The summed E-state index contributed by atoms with van der Waals surface area (Å²) in [7, 11) is 0. The number of halogens is 1. The highest BCUT2D eigenvalue weighted by Gasteiger charge is 2.22. The molecule has 1 saturated heterocycles. The lowest BCUT2D eigenvalue weighted by Gasteiger charge is -2.36. The number of hydrogen-bond acceptors (Lipinski definition) is 2. The number of morpholine rings is 1. The van der Waals surface area contributed by atoms with Crippen LogP contribution in [0.2, 0.25) is 0 Å². The van der Waals surface area contributed by atoms with Crippen LogP contribution in [-0.2, 0) is 4.74 Å². The molecule has 0 saturated carbocycles. The van der Waals surface area contributed by atoms with Gasteiger partial charge in [-0.05, 0) is 32.0 Å². The number of rotatable bonds is 1. The van der Waals surface area contributed by atoms with E-state index in [1.165, 1.54) is 5.69 Å². The Morgan fingerprint density at radius 1 is 1.27 bits per heavy atom. The Morgan fingerprint density at radius 2 is 1.93 bits per heavy atom. The fourth-order valence-corrected chi connectivity index (χ4v) is 2.45. The fourth-order valence-electron chi connectivity index (χ4n) is 2.06. The minimum atomic E-state index is 0.313. The summed E-state index contributed by atoms with van der Waals surface area (Å²) in [6.07, 6.45) is 0.625. The maximum absolute atomic E-state index is 5.71. The van der Waals surface area contributed by atoms with Crippen molar-refractivity contribution in [2.45, 2.75) is 26.1 Å². The van der Waals surface area contributed by atoms with Gasteiger partial charge in [0.05, 0.1) is 12.2 Å². The van der Waals surface area contributed by atoms with Crippen molar-refractivity contribution in [2.75, 3.05) is 18.0 Å². The Bertz CT molecular complexity index is 332. The van der Waals surface area contributed by atoms with Gasteiger partial charge in [0, 0.05) is 23.2 Å². The largest absolute Gasteiger partial charge is 0.372 e. The summed E-state index contributed by atoms with van der Waals surface area (Å²) in [5.41, 5.74) is 1.27. The molecule has 1 aromatic rings. The van der Waals surface area contributed by atoms with Crippen LogP contribution in [-0.4, -0.2) is 25.3 Å². The molecule has 3 heteroatoms. The normalized spacial score (nSPS) is 26.7. The second-order valence-corrected chi connectivity index (χ2v) is 5.06. The minimum absolute atomic E-state index is 0.313. The summed E-state index contributed by atoms with van der Waals surface area (Å²) in [4.78, 5) is 2.38. The Morgan fingerprint density at radius 3 is 2.53 bits per heavy atom. The van der Waals surface area contributed by atoms with Crippen molar-refractivity contribution in [3.63, 3.8) is 0 Å². The summed E-state index contributed by atoms with van der Waals surface area (Å²) in [5, 5.41) is 0. The van der Waals surface area contributed by atoms with E-state index in [1.54, 1.807) is 0 Å². The van der Waals surface area contributed by atoms with E-state index >= 15 is 0 Å². The first-order valence-corrected chi connectivity index (χ1v) is 6.10. The molecule has 0 unspecified atom stereocenters. The molecule has 1 aliphatic rings. The highest BCUT2D eigenvalue weighted by Crippen LogP contribution is 2.23. The number of benzene rings is 1. The zero-order chi connectivity index (χ0) is 10.8. The standard InChI is InChI=1S/C12H16BrNO/c1-9-7-14(8-10(2)15-9)12-5-3-4-11(13)6-12/h3-6,9-10H,7-8H2,1-2H3/t9-,10+. The lowest BCUT2D eigenvalue weighted by atomic mass is 10.2. The molecule has 0 bridgehead atoms. The predicted molar refractivity (Wildman–Crippen MR) is 66.4 cm³/mol. The van der Waals surface area contributed by atoms with Gasteiger partial charge in [-0.2, -0.15) is 0 Å². The SMILES string of the molecule is C[C@@H]1CN(c2cccc(Br)c2)C[C@H](C)O1. The second kappa shape index (κ2) is 4.54. The van der Waals surface area contributed by atoms with Crippen LogP contribution in [0, 0.1) is 0 Å². The number of nitrogens with zero attached hydrogens (tertiary/aromatic N) is 1. The highest BCUT2D eigenvalue weighted by molar-refractivity contribution is 9.10. The van der Waals surface area contributed by atoms with Crippen LogP contribution < -0.4 is 4.90 Å². The minimum Gasteiger partial charge on any atom is -0.372 e. The molecule has 2 atom stereocenters. The molecule has 0 aromatic heterocycles. The molecule has 2 rings (SSSR count). The molecule has 0 radical (unpaired) electrons. The summed E-state index contributed by atoms with van der Waals surface area (Å²) in [6, 6.07) is 8.43. The average Bonchev–Trinajstić information content (AvgIpc) is 2.16. The Kier molecular flexibility index (Phi) is 3.32. The molecular formula is C12H16BrNO. The molecule has 2 nitrogen and oxygen atoms in total. The fraction of sp³-hybridized carbons (Fsp3) is 0.500. The van der Waals surface area contributed by atoms with Crippen LogP contribution in [0.5, 0.6) is 0 Å². The van der Waals surface area contributed by atoms with E-state index in [9.17, 15) is 0 Å². The summed E-state index contributed by atoms with van der Waals surface area (Å²) < 4.78 is 6.85. The van der Waals surface area contributed by atoms with Crippen LogP contribution in [0.3, 0.4) is 0 Å². The van der Waals surface area contributed by atoms with Crippen molar-refractivity contribution < 1.29 is 4.74 Å². The quantitative estimate of drug-likeness (QED) is 0.777. The van der Waals surface area contributed by atoms with Crippen molar-refractivity contribution in [1.82, 2.24) is 0 Å². The van der Waals surface area contributed by atoms with Gasteiger partial charge in [0.1, 0.15) is 0 Å². The van der Waals surface area contributed by atoms with Crippen molar-refractivity contribution in [3.05, 3.63) is 28.7 Å².